The molecule has 0 unspecified atom stereocenters. The molecule has 2 bridgehead atoms. The molecule has 5 nitrogen and oxygen atoms in total. The zero-order chi connectivity index (χ0) is 14.3. The summed E-state index contributed by atoms with van der Waals surface area (Å²) in [4.78, 5) is 23.3. The van der Waals surface area contributed by atoms with Crippen LogP contribution in [0.1, 0.15) is 59.3 Å². The van der Waals surface area contributed by atoms with E-state index in [2.05, 4.69) is 5.32 Å². The lowest BCUT2D eigenvalue weighted by Crippen LogP contribution is -2.51. The highest BCUT2D eigenvalue weighted by atomic mass is 16.6. The lowest BCUT2D eigenvalue weighted by Gasteiger charge is -2.38. The Balaban J connectivity index is 2.05. The van der Waals surface area contributed by atoms with E-state index in [1.807, 2.05) is 20.8 Å². The third-order valence-corrected chi connectivity index (χ3v) is 4.29. The Morgan fingerprint density at radius 2 is 1.84 bits per heavy atom. The number of amides is 1. The maximum absolute atomic E-state index is 11.9. The fourth-order valence-corrected chi connectivity index (χ4v) is 3.47. The number of carbonyl (C=O) groups excluding carboxylic acids is 1. The third-order valence-electron chi connectivity index (χ3n) is 4.29. The Hall–Kier alpha value is -1.26. The molecule has 2 fully saturated rings. The lowest BCUT2D eigenvalue weighted by atomic mass is 9.73. The number of nitrogens with one attached hydrogen (secondary N) is 1. The highest BCUT2D eigenvalue weighted by molar-refractivity contribution is 5.76. The predicted octanol–water partition coefficient (Wildman–Crippen LogP) is 2.69. The van der Waals surface area contributed by atoms with E-state index in [0.29, 0.717) is 12.8 Å². The van der Waals surface area contributed by atoms with Crippen LogP contribution in [0.5, 0.6) is 0 Å². The SMILES string of the molecule is CC(C)(C)OC(=O)N[C@]12CCC[C@](C(=O)O)(CC1)C2. The van der Waals surface area contributed by atoms with Crippen molar-refractivity contribution < 1.29 is 19.4 Å². The van der Waals surface area contributed by atoms with Crippen molar-refractivity contribution in [3.63, 3.8) is 0 Å². The smallest absolute Gasteiger partial charge is 0.408 e. The van der Waals surface area contributed by atoms with E-state index in [4.69, 9.17) is 4.74 Å². The van der Waals surface area contributed by atoms with Gasteiger partial charge < -0.3 is 15.2 Å². The highest BCUT2D eigenvalue weighted by Crippen LogP contribution is 2.53. The van der Waals surface area contributed by atoms with E-state index in [0.717, 1.165) is 25.7 Å². The maximum atomic E-state index is 11.9. The van der Waals surface area contributed by atoms with E-state index >= 15 is 0 Å². The van der Waals surface area contributed by atoms with Gasteiger partial charge in [0.2, 0.25) is 0 Å². The normalized spacial score (nSPS) is 33.8. The van der Waals surface area contributed by atoms with Crippen LogP contribution in [0.15, 0.2) is 0 Å². The fourth-order valence-electron chi connectivity index (χ4n) is 3.47. The number of hydrogen-bond acceptors (Lipinski definition) is 3. The zero-order valence-corrected chi connectivity index (χ0v) is 11.9. The van der Waals surface area contributed by atoms with Gasteiger partial charge in [-0.2, -0.15) is 0 Å². The van der Waals surface area contributed by atoms with Gasteiger partial charge in [0.15, 0.2) is 0 Å². The number of fused-ring (bicyclic) bond motifs is 2. The molecule has 19 heavy (non-hydrogen) atoms. The van der Waals surface area contributed by atoms with Gasteiger partial charge >= 0.3 is 12.1 Å². The number of carbonyl (C=O) groups is 2. The van der Waals surface area contributed by atoms with E-state index in [1.165, 1.54) is 0 Å². The van der Waals surface area contributed by atoms with Crippen molar-refractivity contribution >= 4 is 12.1 Å². The van der Waals surface area contributed by atoms with Gasteiger partial charge in [0.25, 0.3) is 0 Å². The van der Waals surface area contributed by atoms with Crippen LogP contribution in [0.25, 0.3) is 0 Å². The van der Waals surface area contributed by atoms with Crippen molar-refractivity contribution in [1.82, 2.24) is 5.32 Å². The van der Waals surface area contributed by atoms with E-state index in [1.54, 1.807) is 0 Å². The summed E-state index contributed by atoms with van der Waals surface area (Å²) in [6.45, 7) is 5.46. The van der Waals surface area contributed by atoms with Gasteiger partial charge in [-0.3, -0.25) is 4.79 Å². The standard InChI is InChI=1S/C14H23NO4/c1-12(2,3)19-11(18)15-14-6-4-5-13(9-14,7-8-14)10(16)17/h4-9H2,1-3H3,(H,15,18)(H,16,17)/t13-,14+/m0/s1. The van der Waals surface area contributed by atoms with Crippen LogP contribution in [0.2, 0.25) is 0 Å². The van der Waals surface area contributed by atoms with Crippen LogP contribution in [0.4, 0.5) is 4.79 Å². The molecule has 0 heterocycles. The molecule has 2 atom stereocenters. The van der Waals surface area contributed by atoms with Crippen LogP contribution in [0.3, 0.4) is 0 Å². The van der Waals surface area contributed by atoms with Crippen LogP contribution in [0, 0.1) is 5.41 Å². The first-order valence-corrected chi connectivity index (χ1v) is 6.91. The quantitative estimate of drug-likeness (QED) is 0.808. The first-order valence-electron chi connectivity index (χ1n) is 6.91. The van der Waals surface area contributed by atoms with Gasteiger partial charge in [0, 0.05) is 5.54 Å². The molecule has 5 heteroatoms. The summed E-state index contributed by atoms with van der Waals surface area (Å²) < 4.78 is 5.28. The molecule has 0 saturated heterocycles. The molecular weight excluding hydrogens is 246 g/mol. The zero-order valence-electron chi connectivity index (χ0n) is 11.9. The lowest BCUT2D eigenvalue weighted by molar-refractivity contribution is -0.150. The average Bonchev–Trinajstić information content (AvgIpc) is 2.48. The van der Waals surface area contributed by atoms with Crippen molar-refractivity contribution in [1.29, 1.82) is 0 Å². The number of alkyl carbamates (subject to hydrolysis) is 1. The van der Waals surface area contributed by atoms with Crippen LogP contribution in [-0.4, -0.2) is 28.3 Å². The molecule has 0 aliphatic heterocycles. The Labute approximate surface area is 113 Å². The Kier molecular flexibility index (Phi) is 3.27. The number of carboxylic acids is 1. The van der Waals surface area contributed by atoms with Gasteiger partial charge in [0.05, 0.1) is 5.41 Å². The second kappa shape index (κ2) is 4.39. The Morgan fingerprint density at radius 1 is 1.16 bits per heavy atom. The Morgan fingerprint density at radius 3 is 2.42 bits per heavy atom. The summed E-state index contributed by atoms with van der Waals surface area (Å²) in [5.41, 5.74) is -1.54. The molecule has 0 radical (unpaired) electrons. The molecule has 0 aromatic heterocycles. The van der Waals surface area contributed by atoms with E-state index in [-0.39, 0.29) is 5.54 Å². The van der Waals surface area contributed by atoms with Gasteiger partial charge in [-0.25, -0.2) is 4.79 Å². The topological polar surface area (TPSA) is 75.6 Å². The monoisotopic (exact) mass is 269 g/mol. The molecule has 2 saturated carbocycles. The third kappa shape index (κ3) is 2.85. The highest BCUT2D eigenvalue weighted by Gasteiger charge is 2.55. The van der Waals surface area contributed by atoms with Crippen LogP contribution in [-0.2, 0) is 9.53 Å². The molecule has 2 aliphatic rings. The Bertz CT molecular complexity index is 401. The molecular formula is C14H23NO4. The maximum Gasteiger partial charge on any atom is 0.408 e. The average molecular weight is 269 g/mol. The number of ether oxygens (including phenoxy) is 1. The fraction of sp³-hybridized carbons (Fsp3) is 0.857. The second-order valence-corrected chi connectivity index (χ2v) is 7.02. The minimum Gasteiger partial charge on any atom is -0.481 e. The number of hydrogen-bond donors (Lipinski definition) is 2. The summed E-state index contributed by atoms with van der Waals surface area (Å²) in [7, 11) is 0. The summed E-state index contributed by atoms with van der Waals surface area (Å²) in [6.07, 6.45) is 3.91. The molecule has 1 amide bonds. The minimum absolute atomic E-state index is 0.376. The van der Waals surface area contributed by atoms with Crippen molar-refractivity contribution in [3.8, 4) is 0 Å². The van der Waals surface area contributed by atoms with Crippen molar-refractivity contribution in [2.75, 3.05) is 0 Å². The first-order chi connectivity index (χ1) is 8.67. The second-order valence-electron chi connectivity index (χ2n) is 7.02. The molecule has 0 aromatic carbocycles. The van der Waals surface area contributed by atoms with Crippen LogP contribution >= 0.6 is 0 Å². The van der Waals surface area contributed by atoms with Crippen molar-refractivity contribution in [2.24, 2.45) is 5.41 Å². The summed E-state index contributed by atoms with van der Waals surface area (Å²) >= 11 is 0. The first kappa shape index (κ1) is 14.2. The van der Waals surface area contributed by atoms with E-state index < -0.39 is 23.1 Å². The van der Waals surface area contributed by atoms with Crippen molar-refractivity contribution in [2.45, 2.75) is 70.4 Å². The molecule has 0 spiro atoms. The van der Waals surface area contributed by atoms with Gasteiger partial charge in [0.1, 0.15) is 5.60 Å². The number of rotatable bonds is 2. The van der Waals surface area contributed by atoms with Gasteiger partial charge in [-0.05, 0) is 59.3 Å². The van der Waals surface area contributed by atoms with Crippen molar-refractivity contribution in [3.05, 3.63) is 0 Å². The molecule has 0 aromatic rings. The molecule has 2 N–H and O–H groups in total. The minimum atomic E-state index is -0.722. The van der Waals surface area contributed by atoms with Crippen LogP contribution < -0.4 is 5.32 Å². The number of carboxylic acid groups (broad SMARTS) is 1. The summed E-state index contributed by atoms with van der Waals surface area (Å²) in [5, 5.41) is 12.3. The van der Waals surface area contributed by atoms with Gasteiger partial charge in [-0.15, -0.1) is 0 Å². The molecule has 108 valence electrons. The molecule has 2 aliphatic carbocycles. The largest absolute Gasteiger partial charge is 0.481 e. The van der Waals surface area contributed by atoms with E-state index in [9.17, 15) is 14.7 Å². The summed E-state index contributed by atoms with van der Waals surface area (Å²) in [6, 6.07) is 0. The molecule has 2 rings (SSSR count). The predicted molar refractivity (Wildman–Crippen MR) is 69.9 cm³/mol. The number of aliphatic carboxylic acids is 1. The summed E-state index contributed by atoms with van der Waals surface area (Å²) in [5.74, 6) is -0.722. The van der Waals surface area contributed by atoms with Gasteiger partial charge in [-0.1, -0.05) is 0 Å².